The fourth-order valence-corrected chi connectivity index (χ4v) is 2.12. The first-order chi connectivity index (χ1) is 9.63. The lowest BCUT2D eigenvalue weighted by Crippen LogP contribution is -2.43. The zero-order valence-electron chi connectivity index (χ0n) is 10.8. The van der Waals surface area contributed by atoms with Crippen molar-refractivity contribution in [3.63, 3.8) is 0 Å². The normalized spacial score (nSPS) is 17.9. The highest BCUT2D eigenvalue weighted by atomic mass is 16.2. The predicted molar refractivity (Wildman–Crippen MR) is 71.0 cm³/mol. The predicted octanol–water partition coefficient (Wildman–Crippen LogP) is 0.108. The number of carbonyl (C=O) groups excluding carboxylic acids is 2. The van der Waals surface area contributed by atoms with Crippen LogP contribution < -0.4 is 10.6 Å². The zero-order valence-corrected chi connectivity index (χ0v) is 10.8. The summed E-state index contributed by atoms with van der Waals surface area (Å²) in [5, 5.41) is 9.43. The molecule has 7 nitrogen and oxygen atoms in total. The topological polar surface area (TPSA) is 88.9 Å². The minimum Gasteiger partial charge on any atom is -0.340 e. The Hall–Kier alpha value is -2.70. The van der Waals surface area contributed by atoms with Crippen LogP contribution in [0.15, 0.2) is 30.6 Å². The van der Waals surface area contributed by atoms with Gasteiger partial charge in [-0.25, -0.2) is 0 Å². The van der Waals surface area contributed by atoms with Gasteiger partial charge in [-0.2, -0.15) is 5.10 Å². The molecule has 0 aromatic carbocycles. The highest BCUT2D eigenvalue weighted by molar-refractivity contribution is 6.08. The first kappa shape index (κ1) is 12.3. The average molecular weight is 271 g/mol. The molecule has 0 radical (unpaired) electrons. The van der Waals surface area contributed by atoms with E-state index in [1.54, 1.807) is 25.5 Å². The molecule has 1 unspecified atom stereocenters. The number of hydrogen-bond acceptors (Lipinski definition) is 4. The number of rotatable bonds is 2. The number of fused-ring (bicyclic) bond motifs is 1. The lowest BCUT2D eigenvalue weighted by Gasteiger charge is -2.13. The number of hydrogen-bond donors (Lipinski definition) is 2. The first-order valence-corrected chi connectivity index (χ1v) is 6.19. The number of aromatic nitrogens is 3. The van der Waals surface area contributed by atoms with E-state index in [-0.39, 0.29) is 11.8 Å². The fourth-order valence-electron chi connectivity index (χ4n) is 2.12. The minimum atomic E-state index is -0.656. The van der Waals surface area contributed by atoms with Gasteiger partial charge >= 0.3 is 0 Å². The van der Waals surface area contributed by atoms with Gasteiger partial charge < -0.3 is 10.6 Å². The molecular weight excluding hydrogens is 258 g/mol. The molecule has 3 heterocycles. The van der Waals surface area contributed by atoms with Crippen molar-refractivity contribution in [2.45, 2.75) is 12.5 Å². The van der Waals surface area contributed by atoms with E-state index in [0.29, 0.717) is 17.8 Å². The molecule has 1 aliphatic heterocycles. The number of anilines is 1. The molecule has 1 atom stereocenters. The fraction of sp³-hybridized carbons (Fsp3) is 0.231. The van der Waals surface area contributed by atoms with Crippen LogP contribution in [-0.4, -0.2) is 32.6 Å². The summed E-state index contributed by atoms with van der Waals surface area (Å²) < 4.78 is 1.49. The Morgan fingerprint density at radius 3 is 2.95 bits per heavy atom. The molecule has 2 aromatic rings. The van der Waals surface area contributed by atoms with E-state index < -0.39 is 6.04 Å². The van der Waals surface area contributed by atoms with Gasteiger partial charge in [0.2, 0.25) is 5.91 Å². The van der Waals surface area contributed by atoms with Gasteiger partial charge in [0.15, 0.2) is 5.82 Å². The Bertz CT molecular complexity index is 665. The molecule has 2 amide bonds. The van der Waals surface area contributed by atoms with Crippen molar-refractivity contribution in [1.82, 2.24) is 20.1 Å². The van der Waals surface area contributed by atoms with Crippen LogP contribution in [-0.2, 0) is 18.3 Å². The van der Waals surface area contributed by atoms with Gasteiger partial charge in [-0.05, 0) is 12.1 Å². The molecule has 0 aliphatic carbocycles. The van der Waals surface area contributed by atoms with E-state index in [0.717, 1.165) is 5.69 Å². The molecule has 102 valence electrons. The third kappa shape index (κ3) is 2.25. The Kier molecular flexibility index (Phi) is 2.94. The van der Waals surface area contributed by atoms with Gasteiger partial charge in [-0.1, -0.05) is 6.07 Å². The second-order valence-corrected chi connectivity index (χ2v) is 4.61. The molecule has 20 heavy (non-hydrogen) atoms. The molecule has 0 bridgehead atoms. The molecule has 2 aromatic heterocycles. The molecule has 0 spiro atoms. The van der Waals surface area contributed by atoms with Crippen molar-refractivity contribution in [2.75, 3.05) is 5.32 Å². The van der Waals surface area contributed by atoms with Crippen molar-refractivity contribution >= 4 is 17.6 Å². The molecule has 0 fully saturated rings. The Balaban J connectivity index is 1.84. The average Bonchev–Trinajstić information content (AvgIpc) is 2.75. The molecular formula is C13H13N5O2. The summed E-state index contributed by atoms with van der Waals surface area (Å²) in [6.07, 6.45) is 3.57. The summed E-state index contributed by atoms with van der Waals surface area (Å²) in [5.74, 6) is -0.313. The Morgan fingerprint density at radius 2 is 2.20 bits per heavy atom. The molecule has 0 saturated heterocycles. The highest BCUT2D eigenvalue weighted by Gasteiger charge is 2.30. The summed E-state index contributed by atoms with van der Waals surface area (Å²) in [4.78, 5) is 28.4. The number of aryl methyl sites for hydroxylation is 1. The van der Waals surface area contributed by atoms with Crippen molar-refractivity contribution in [3.8, 4) is 0 Å². The molecule has 1 aliphatic rings. The first-order valence-electron chi connectivity index (χ1n) is 6.19. The van der Waals surface area contributed by atoms with Crippen LogP contribution in [0.25, 0.3) is 0 Å². The third-order valence-corrected chi connectivity index (χ3v) is 3.08. The second-order valence-electron chi connectivity index (χ2n) is 4.61. The summed E-state index contributed by atoms with van der Waals surface area (Å²) >= 11 is 0. The largest absolute Gasteiger partial charge is 0.340 e. The number of pyridine rings is 1. The Morgan fingerprint density at radius 1 is 1.35 bits per heavy atom. The van der Waals surface area contributed by atoms with Gasteiger partial charge in [0.1, 0.15) is 11.6 Å². The van der Waals surface area contributed by atoms with E-state index in [9.17, 15) is 9.59 Å². The summed E-state index contributed by atoms with van der Waals surface area (Å²) in [6, 6.07) is 4.80. The van der Waals surface area contributed by atoms with E-state index in [4.69, 9.17) is 0 Å². The van der Waals surface area contributed by atoms with Gasteiger partial charge in [-0.3, -0.25) is 19.3 Å². The van der Waals surface area contributed by atoms with Crippen LogP contribution in [0, 0.1) is 0 Å². The standard InChI is InChI=1S/C13H13N5O2/c1-18-7-9-11(17-18)16-13(20)10(15-12(9)19)6-8-4-2-3-5-14-8/h2-5,7,10H,6H2,1H3,(H,15,19)(H,16,17,20). The van der Waals surface area contributed by atoms with Crippen molar-refractivity contribution < 1.29 is 9.59 Å². The van der Waals surface area contributed by atoms with Crippen LogP contribution in [0.4, 0.5) is 5.82 Å². The van der Waals surface area contributed by atoms with E-state index in [2.05, 4.69) is 20.7 Å². The van der Waals surface area contributed by atoms with E-state index in [1.807, 2.05) is 12.1 Å². The van der Waals surface area contributed by atoms with Gasteiger partial charge in [0.05, 0.1) is 0 Å². The lowest BCUT2D eigenvalue weighted by molar-refractivity contribution is -0.117. The summed E-state index contributed by atoms with van der Waals surface area (Å²) in [5.41, 5.74) is 1.11. The van der Waals surface area contributed by atoms with Crippen LogP contribution in [0.2, 0.25) is 0 Å². The van der Waals surface area contributed by atoms with Crippen LogP contribution in [0.5, 0.6) is 0 Å². The maximum absolute atomic E-state index is 12.1. The van der Waals surface area contributed by atoms with Crippen LogP contribution in [0.1, 0.15) is 16.1 Å². The number of carbonyl (C=O) groups is 2. The maximum Gasteiger partial charge on any atom is 0.257 e. The lowest BCUT2D eigenvalue weighted by atomic mass is 10.1. The number of amides is 2. The smallest absolute Gasteiger partial charge is 0.257 e. The quantitative estimate of drug-likeness (QED) is 0.811. The van der Waals surface area contributed by atoms with Gasteiger partial charge in [-0.15, -0.1) is 0 Å². The van der Waals surface area contributed by atoms with Gasteiger partial charge in [0, 0.05) is 31.6 Å². The zero-order chi connectivity index (χ0) is 14.1. The SMILES string of the molecule is Cn1cc2c(n1)NC(=O)C(Cc1ccccn1)NC2=O. The van der Waals surface area contributed by atoms with Crippen molar-refractivity contribution in [1.29, 1.82) is 0 Å². The van der Waals surface area contributed by atoms with E-state index in [1.165, 1.54) is 4.68 Å². The summed E-state index contributed by atoms with van der Waals surface area (Å²) in [6.45, 7) is 0. The number of nitrogens with one attached hydrogen (secondary N) is 2. The van der Waals surface area contributed by atoms with Gasteiger partial charge in [0.25, 0.3) is 5.91 Å². The molecule has 0 saturated carbocycles. The third-order valence-electron chi connectivity index (χ3n) is 3.08. The van der Waals surface area contributed by atoms with Crippen LogP contribution >= 0.6 is 0 Å². The monoisotopic (exact) mass is 271 g/mol. The Labute approximate surface area is 115 Å². The maximum atomic E-state index is 12.1. The molecule has 3 rings (SSSR count). The van der Waals surface area contributed by atoms with E-state index >= 15 is 0 Å². The summed E-state index contributed by atoms with van der Waals surface area (Å²) in [7, 11) is 1.69. The number of nitrogens with zero attached hydrogens (tertiary/aromatic N) is 3. The van der Waals surface area contributed by atoms with Crippen LogP contribution in [0.3, 0.4) is 0 Å². The molecule has 7 heteroatoms. The molecule has 2 N–H and O–H groups in total. The second kappa shape index (κ2) is 4.76. The van der Waals surface area contributed by atoms with Crippen molar-refractivity contribution in [3.05, 3.63) is 41.9 Å². The van der Waals surface area contributed by atoms with Crippen molar-refractivity contribution in [2.24, 2.45) is 7.05 Å². The minimum absolute atomic E-state index is 0.290. The highest BCUT2D eigenvalue weighted by Crippen LogP contribution is 2.17.